The largest absolute Gasteiger partial charge is 0.459 e. The number of ether oxygens (including phenoxy) is 5. The molecule has 1 aromatic carbocycles. The lowest BCUT2D eigenvalue weighted by Gasteiger charge is -2.30. The Bertz CT molecular complexity index is 1900. The molecule has 0 aliphatic heterocycles. The Kier molecular flexibility index (Phi) is 24.0. The Morgan fingerprint density at radius 2 is 0.930 bits per heavy atom. The number of hydroxylamine groups is 1. The van der Waals surface area contributed by atoms with E-state index in [0.29, 0.717) is 11.1 Å². The molecule has 71 heavy (non-hydrogen) atoms. The van der Waals surface area contributed by atoms with Crippen LogP contribution in [-0.4, -0.2) is 154 Å². The second-order valence-corrected chi connectivity index (χ2v) is 22.2. The van der Waals surface area contributed by atoms with Gasteiger partial charge < -0.3 is 34.3 Å². The second kappa shape index (κ2) is 27.8. The number of rotatable bonds is 25. The highest BCUT2D eigenvalue weighted by atomic mass is 16.7. The first kappa shape index (κ1) is 61.4. The maximum atomic E-state index is 13.7. The Balaban J connectivity index is 2.23. The van der Waals surface area contributed by atoms with Crippen molar-refractivity contribution in [3.8, 4) is 0 Å². The van der Waals surface area contributed by atoms with Gasteiger partial charge in [0.25, 0.3) is 5.91 Å². The minimum Gasteiger partial charge on any atom is -0.459 e. The van der Waals surface area contributed by atoms with Crippen molar-refractivity contribution in [2.75, 3.05) is 58.9 Å². The fourth-order valence-electron chi connectivity index (χ4n) is 6.38. The van der Waals surface area contributed by atoms with Crippen molar-refractivity contribution in [2.45, 2.75) is 157 Å². The second-order valence-electron chi connectivity index (χ2n) is 22.2. The fourth-order valence-corrected chi connectivity index (χ4v) is 6.38. The van der Waals surface area contributed by atoms with Crippen LogP contribution in [0.25, 0.3) is 0 Å². The summed E-state index contributed by atoms with van der Waals surface area (Å²) in [6, 6.07) is 9.64. The Morgan fingerprint density at radius 1 is 0.521 bits per heavy atom. The number of amides is 3. The Morgan fingerprint density at radius 3 is 1.32 bits per heavy atom. The summed E-state index contributed by atoms with van der Waals surface area (Å²) in [5.41, 5.74) is 0.732. The molecule has 20 nitrogen and oxygen atoms in total. The van der Waals surface area contributed by atoms with Crippen molar-refractivity contribution in [1.29, 1.82) is 0 Å². The van der Waals surface area contributed by atoms with Crippen molar-refractivity contribution < 1.29 is 62.1 Å². The maximum Gasteiger partial charge on any atom is 0.408 e. The molecule has 3 N–H and O–H groups in total. The van der Waals surface area contributed by atoms with E-state index in [4.69, 9.17) is 28.5 Å². The number of carbonyl (C=O) groups excluding carboxylic acids is 7. The smallest absolute Gasteiger partial charge is 0.408 e. The van der Waals surface area contributed by atoms with E-state index in [0.717, 1.165) is 5.56 Å². The van der Waals surface area contributed by atoms with E-state index in [-0.39, 0.29) is 84.4 Å². The number of alkyl carbamates (subject to hydrolysis) is 1. The molecule has 20 heteroatoms. The summed E-state index contributed by atoms with van der Waals surface area (Å²) in [4.78, 5) is 106. The zero-order valence-corrected chi connectivity index (χ0v) is 44.8. The van der Waals surface area contributed by atoms with Gasteiger partial charge in [0.15, 0.2) is 0 Å². The first-order valence-electron chi connectivity index (χ1n) is 23.8. The number of esters is 4. The Labute approximate surface area is 420 Å². The molecule has 1 atom stereocenters. The molecule has 3 amide bonds. The predicted octanol–water partition coefficient (Wildman–Crippen LogP) is 4.65. The third-order valence-electron chi connectivity index (χ3n) is 9.02. The molecule has 0 spiro atoms. The van der Waals surface area contributed by atoms with E-state index >= 15 is 0 Å². The van der Waals surface area contributed by atoms with Gasteiger partial charge in [0.05, 0.1) is 39.3 Å². The van der Waals surface area contributed by atoms with Crippen LogP contribution in [0.15, 0.2) is 48.8 Å². The molecular weight excluding hydrogens is 919 g/mol. The third-order valence-corrected chi connectivity index (χ3v) is 9.02. The monoisotopic (exact) mass is 1000 g/mol. The summed E-state index contributed by atoms with van der Waals surface area (Å²) in [5, 5.41) is 5.53. The summed E-state index contributed by atoms with van der Waals surface area (Å²) in [7, 11) is 0. The van der Waals surface area contributed by atoms with Crippen LogP contribution in [0, 0.1) is 0 Å². The summed E-state index contributed by atoms with van der Waals surface area (Å²) < 4.78 is 27.6. The molecule has 0 fully saturated rings. The zero-order chi connectivity index (χ0) is 53.8. The molecule has 0 saturated heterocycles. The summed E-state index contributed by atoms with van der Waals surface area (Å²) in [6.07, 6.45) is 2.58. The number of hydrogen-bond donors (Lipinski definition) is 3. The first-order chi connectivity index (χ1) is 32.6. The predicted molar refractivity (Wildman–Crippen MR) is 265 cm³/mol. The topological polar surface area (TPSA) is 234 Å². The van der Waals surface area contributed by atoms with E-state index in [1.54, 1.807) is 167 Å². The average Bonchev–Trinajstić information content (AvgIpc) is 3.17. The quantitative estimate of drug-likeness (QED) is 0.0698. The summed E-state index contributed by atoms with van der Waals surface area (Å²) in [5.74, 6) is -3.14. The minimum absolute atomic E-state index is 0.00284. The van der Waals surface area contributed by atoms with Gasteiger partial charge in [0, 0.05) is 51.5 Å². The molecule has 0 saturated carbocycles. The third kappa shape index (κ3) is 30.6. The molecule has 2 rings (SSSR count). The van der Waals surface area contributed by atoms with Gasteiger partial charge in [-0.3, -0.25) is 53.3 Å². The lowest BCUT2D eigenvalue weighted by Crippen LogP contribution is -2.49. The number of nitrogens with one attached hydrogen (secondary N) is 3. The number of aromatic nitrogens is 1. The fraction of sp³-hybridized carbons (Fsp3) is 0.647. The molecular formula is C51H81N7O13. The SMILES string of the molecule is CC(C)(C)OC(=O)CN(CCN(CCN(CC(=O)OC(C)(C)C)CC(=O)OC(C)(C)C)CC(=O)NCc1ccc(CONC(=O)[C@@H](Cc2cccnc2)NC(=O)OC(C)(C)C)cc1)CC(=O)OC(C)(C)C. The molecule has 0 aliphatic carbocycles. The average molecular weight is 1000 g/mol. The van der Waals surface area contributed by atoms with Gasteiger partial charge in [-0.2, -0.15) is 0 Å². The standard InChI is InChI=1S/C51H81N7O13/c1-47(2,3)67-41(60)31-57(32-42(61)68-48(4,5)6)25-23-56(24-26-58(33-43(62)69-49(7,8)9)34-44(63)70-50(10,11)12)30-40(59)53-29-36-18-20-37(21-19-36)35-66-55-45(64)39(27-38-17-16-22-52-28-38)54-46(65)71-51(13,14)15/h16-22,28,39H,23-27,29-35H2,1-15H3,(H,53,59)(H,54,65)(H,55,64)/t39-/m1/s1. The number of hydrogen-bond acceptors (Lipinski definition) is 17. The van der Waals surface area contributed by atoms with Gasteiger partial charge in [-0.25, -0.2) is 10.3 Å². The van der Waals surface area contributed by atoms with Gasteiger partial charge in [0.2, 0.25) is 5.91 Å². The van der Waals surface area contributed by atoms with Crippen LogP contribution in [0.2, 0.25) is 0 Å². The van der Waals surface area contributed by atoms with Gasteiger partial charge in [-0.15, -0.1) is 0 Å². The Hall–Kier alpha value is -5.70. The van der Waals surface area contributed by atoms with Gasteiger partial charge >= 0.3 is 30.0 Å². The van der Waals surface area contributed by atoms with Crippen LogP contribution in [-0.2, 0) is 76.9 Å². The van der Waals surface area contributed by atoms with Crippen LogP contribution in [0.1, 0.15) is 121 Å². The van der Waals surface area contributed by atoms with Crippen molar-refractivity contribution in [1.82, 2.24) is 35.8 Å². The number of carbonyl (C=O) groups is 7. The van der Waals surface area contributed by atoms with E-state index in [9.17, 15) is 33.6 Å². The van der Waals surface area contributed by atoms with Crippen LogP contribution in [0.4, 0.5) is 4.79 Å². The van der Waals surface area contributed by atoms with E-state index in [1.165, 1.54) is 0 Å². The van der Waals surface area contributed by atoms with Crippen molar-refractivity contribution in [2.24, 2.45) is 0 Å². The summed E-state index contributed by atoms with van der Waals surface area (Å²) >= 11 is 0. The molecule has 0 radical (unpaired) electrons. The van der Waals surface area contributed by atoms with Crippen LogP contribution in [0.3, 0.4) is 0 Å². The highest BCUT2D eigenvalue weighted by Gasteiger charge is 2.28. The van der Waals surface area contributed by atoms with Crippen LogP contribution < -0.4 is 16.1 Å². The number of nitrogens with zero attached hydrogens (tertiary/aromatic N) is 4. The van der Waals surface area contributed by atoms with E-state index in [2.05, 4.69) is 21.1 Å². The van der Waals surface area contributed by atoms with Crippen LogP contribution in [0.5, 0.6) is 0 Å². The van der Waals surface area contributed by atoms with E-state index < -0.39 is 69.9 Å². The molecule has 398 valence electrons. The van der Waals surface area contributed by atoms with Gasteiger partial charge in [0.1, 0.15) is 34.0 Å². The molecule has 0 unspecified atom stereocenters. The first-order valence-corrected chi connectivity index (χ1v) is 23.8. The highest BCUT2D eigenvalue weighted by molar-refractivity contribution is 5.85. The minimum atomic E-state index is -1.02. The molecule has 2 aromatic rings. The molecule has 1 aromatic heterocycles. The van der Waals surface area contributed by atoms with Crippen LogP contribution >= 0.6 is 0 Å². The van der Waals surface area contributed by atoms with Gasteiger partial charge in [-0.05, 0) is 127 Å². The normalized spacial score (nSPS) is 12.8. The number of pyridine rings is 1. The zero-order valence-electron chi connectivity index (χ0n) is 44.8. The van der Waals surface area contributed by atoms with Crippen molar-refractivity contribution in [3.05, 3.63) is 65.5 Å². The summed E-state index contributed by atoms with van der Waals surface area (Å²) in [6.45, 7) is 25.8. The number of benzene rings is 1. The maximum absolute atomic E-state index is 13.7. The van der Waals surface area contributed by atoms with Crippen molar-refractivity contribution in [3.63, 3.8) is 0 Å². The highest BCUT2D eigenvalue weighted by Crippen LogP contribution is 2.14. The molecule has 0 aliphatic rings. The van der Waals surface area contributed by atoms with E-state index in [1.807, 2.05) is 0 Å². The van der Waals surface area contributed by atoms with Crippen molar-refractivity contribution >= 4 is 41.8 Å². The lowest BCUT2D eigenvalue weighted by molar-refractivity contribution is -0.162. The molecule has 0 bridgehead atoms. The molecule has 1 heterocycles. The lowest BCUT2D eigenvalue weighted by atomic mass is 10.1. The van der Waals surface area contributed by atoms with Gasteiger partial charge in [-0.1, -0.05) is 30.3 Å².